The van der Waals surface area contributed by atoms with Crippen molar-refractivity contribution in [1.29, 1.82) is 0 Å². The number of hydrogen-bond donors (Lipinski definition) is 1. The molecule has 2 fully saturated rings. The van der Waals surface area contributed by atoms with Crippen LogP contribution in [-0.2, 0) is 14.8 Å². The molecule has 1 amide bonds. The minimum absolute atomic E-state index is 0.0590. The molecule has 0 atom stereocenters. The first-order valence-corrected chi connectivity index (χ1v) is 8.23. The third-order valence-electron chi connectivity index (χ3n) is 3.91. The highest BCUT2D eigenvalue weighted by molar-refractivity contribution is 7.89. The fourth-order valence-electron chi connectivity index (χ4n) is 2.35. The molecule has 1 N–H and O–H groups in total. The highest BCUT2D eigenvalue weighted by Gasteiger charge is 2.39. The minimum atomic E-state index is -3.51. The Balaban J connectivity index is 1.56. The first kappa shape index (κ1) is 13.5. The summed E-state index contributed by atoms with van der Waals surface area (Å²) in [6.07, 6.45) is 4.48. The summed E-state index contributed by atoms with van der Waals surface area (Å²) in [7, 11) is -3.51. The second-order valence-electron chi connectivity index (χ2n) is 5.32. The number of rotatable bonds is 4. The van der Waals surface area contributed by atoms with Crippen LogP contribution in [0.2, 0.25) is 0 Å². The summed E-state index contributed by atoms with van der Waals surface area (Å²) >= 11 is 0. The number of carbonyl (C=O) groups excluding carboxylic acids is 1. The molecule has 1 aromatic heterocycles. The molecule has 1 aromatic rings. The molecule has 0 bridgehead atoms. The van der Waals surface area contributed by atoms with E-state index in [0.717, 1.165) is 19.3 Å². The van der Waals surface area contributed by atoms with E-state index < -0.39 is 10.0 Å². The minimum Gasteiger partial charge on any atom is -0.350 e. The molecule has 1 saturated carbocycles. The molecule has 0 unspecified atom stereocenters. The van der Waals surface area contributed by atoms with Crippen molar-refractivity contribution in [3.8, 4) is 0 Å². The lowest BCUT2D eigenvalue weighted by Gasteiger charge is -2.39. The van der Waals surface area contributed by atoms with Crippen LogP contribution in [0, 0.1) is 5.92 Å². The zero-order valence-corrected chi connectivity index (χ0v) is 11.8. The Morgan fingerprint density at radius 3 is 2.60 bits per heavy atom. The molecule has 6 nitrogen and oxygen atoms in total. The first-order chi connectivity index (χ1) is 9.57. The van der Waals surface area contributed by atoms with Gasteiger partial charge >= 0.3 is 0 Å². The van der Waals surface area contributed by atoms with Crippen molar-refractivity contribution < 1.29 is 13.2 Å². The van der Waals surface area contributed by atoms with Gasteiger partial charge in [-0.05, 0) is 25.0 Å². The van der Waals surface area contributed by atoms with E-state index in [4.69, 9.17) is 0 Å². The third kappa shape index (κ3) is 2.43. The van der Waals surface area contributed by atoms with E-state index in [1.165, 1.54) is 16.6 Å². The van der Waals surface area contributed by atoms with E-state index in [0.29, 0.717) is 13.1 Å². The summed E-state index contributed by atoms with van der Waals surface area (Å²) in [4.78, 5) is 15.6. The van der Waals surface area contributed by atoms with Gasteiger partial charge in [0.05, 0.1) is 6.04 Å². The molecule has 7 heteroatoms. The number of hydrogen-bond acceptors (Lipinski definition) is 4. The zero-order chi connectivity index (χ0) is 14.2. The van der Waals surface area contributed by atoms with Gasteiger partial charge in [-0.25, -0.2) is 13.4 Å². The number of aromatic nitrogens is 1. The molecule has 0 radical (unpaired) electrons. The molecule has 2 aliphatic rings. The molecule has 3 rings (SSSR count). The number of carbonyl (C=O) groups is 1. The van der Waals surface area contributed by atoms with Crippen LogP contribution >= 0.6 is 0 Å². The molecule has 0 aromatic carbocycles. The second kappa shape index (κ2) is 5.14. The molecule has 1 saturated heterocycles. The normalized spacial score (nSPS) is 21.0. The summed E-state index contributed by atoms with van der Waals surface area (Å²) in [5, 5.41) is 2.97. The maximum absolute atomic E-state index is 12.2. The van der Waals surface area contributed by atoms with Crippen molar-refractivity contribution in [2.24, 2.45) is 5.92 Å². The van der Waals surface area contributed by atoms with Gasteiger partial charge in [-0.2, -0.15) is 4.31 Å². The zero-order valence-electron chi connectivity index (χ0n) is 11.0. The van der Waals surface area contributed by atoms with E-state index in [1.54, 1.807) is 12.1 Å². The van der Waals surface area contributed by atoms with Crippen LogP contribution < -0.4 is 5.32 Å². The van der Waals surface area contributed by atoms with E-state index in [1.807, 2.05) is 0 Å². The van der Waals surface area contributed by atoms with Gasteiger partial charge in [0, 0.05) is 25.2 Å². The summed E-state index contributed by atoms with van der Waals surface area (Å²) < 4.78 is 25.7. The maximum atomic E-state index is 12.2. The van der Waals surface area contributed by atoms with E-state index >= 15 is 0 Å². The van der Waals surface area contributed by atoms with Crippen LogP contribution in [0.25, 0.3) is 0 Å². The summed E-state index contributed by atoms with van der Waals surface area (Å²) in [5.41, 5.74) is 0. The molecule has 108 valence electrons. The number of pyridine rings is 1. The van der Waals surface area contributed by atoms with Gasteiger partial charge < -0.3 is 5.32 Å². The smallest absolute Gasteiger partial charge is 0.260 e. The molecular formula is C13H17N3O3S. The molecule has 0 spiro atoms. The molecule has 2 heterocycles. The monoisotopic (exact) mass is 295 g/mol. The van der Waals surface area contributed by atoms with Crippen molar-refractivity contribution in [3.63, 3.8) is 0 Å². The topological polar surface area (TPSA) is 79.4 Å². The SMILES string of the molecule is O=C(NC1CN(S(=O)(=O)c2ccccn2)C1)C1CCC1. The van der Waals surface area contributed by atoms with Crippen LogP contribution in [0.4, 0.5) is 0 Å². The Bertz CT molecular complexity index is 593. The van der Waals surface area contributed by atoms with Gasteiger partial charge in [-0.1, -0.05) is 12.5 Å². The Kier molecular flexibility index (Phi) is 3.47. The molecule has 20 heavy (non-hydrogen) atoms. The van der Waals surface area contributed by atoms with Crippen molar-refractivity contribution >= 4 is 15.9 Å². The van der Waals surface area contributed by atoms with E-state index in [-0.39, 0.29) is 22.9 Å². The van der Waals surface area contributed by atoms with Crippen LogP contribution in [0.1, 0.15) is 19.3 Å². The van der Waals surface area contributed by atoms with Crippen LogP contribution in [0.15, 0.2) is 29.4 Å². The second-order valence-corrected chi connectivity index (χ2v) is 7.21. The molecular weight excluding hydrogens is 278 g/mol. The highest BCUT2D eigenvalue weighted by Crippen LogP contribution is 2.27. The predicted octanol–water partition coefficient (Wildman–Crippen LogP) is 0.371. The van der Waals surface area contributed by atoms with Crippen molar-refractivity contribution in [2.45, 2.75) is 30.3 Å². The first-order valence-electron chi connectivity index (χ1n) is 6.79. The fourth-order valence-corrected chi connectivity index (χ4v) is 3.81. The van der Waals surface area contributed by atoms with Gasteiger partial charge in [-0.3, -0.25) is 4.79 Å². The van der Waals surface area contributed by atoms with Gasteiger partial charge in [0.2, 0.25) is 5.91 Å². The van der Waals surface area contributed by atoms with Crippen LogP contribution in [0.3, 0.4) is 0 Å². The van der Waals surface area contributed by atoms with Gasteiger partial charge in [-0.15, -0.1) is 0 Å². The Morgan fingerprint density at radius 2 is 2.05 bits per heavy atom. The van der Waals surface area contributed by atoms with Crippen molar-refractivity contribution in [2.75, 3.05) is 13.1 Å². The lowest BCUT2D eigenvalue weighted by Crippen LogP contribution is -2.61. The Labute approximate surface area is 118 Å². The van der Waals surface area contributed by atoms with Crippen molar-refractivity contribution in [3.05, 3.63) is 24.4 Å². The number of amides is 1. The highest BCUT2D eigenvalue weighted by atomic mass is 32.2. The molecule has 1 aliphatic heterocycles. The molecule has 1 aliphatic carbocycles. The van der Waals surface area contributed by atoms with Crippen LogP contribution in [-0.4, -0.2) is 42.7 Å². The van der Waals surface area contributed by atoms with Crippen LogP contribution in [0.5, 0.6) is 0 Å². The quantitative estimate of drug-likeness (QED) is 0.870. The fraction of sp³-hybridized carbons (Fsp3) is 0.538. The number of nitrogens with zero attached hydrogens (tertiary/aromatic N) is 2. The average Bonchev–Trinajstić information content (AvgIpc) is 2.32. The van der Waals surface area contributed by atoms with Gasteiger partial charge in [0.15, 0.2) is 5.03 Å². The standard InChI is InChI=1S/C13H17N3O3S/c17-13(10-4-3-5-10)15-11-8-16(9-11)20(18,19)12-6-1-2-7-14-12/h1-2,6-7,10-11H,3-5,8-9H2,(H,15,17). The van der Waals surface area contributed by atoms with Crippen molar-refractivity contribution in [1.82, 2.24) is 14.6 Å². The number of sulfonamides is 1. The lowest BCUT2D eigenvalue weighted by molar-refractivity contribution is -0.128. The Hall–Kier alpha value is -1.47. The third-order valence-corrected chi connectivity index (χ3v) is 5.66. The van der Waals surface area contributed by atoms with E-state index in [9.17, 15) is 13.2 Å². The predicted molar refractivity (Wildman–Crippen MR) is 72.3 cm³/mol. The number of nitrogens with one attached hydrogen (secondary N) is 1. The van der Waals surface area contributed by atoms with E-state index in [2.05, 4.69) is 10.3 Å². The maximum Gasteiger partial charge on any atom is 0.260 e. The van der Waals surface area contributed by atoms with Gasteiger partial charge in [0.1, 0.15) is 0 Å². The Morgan fingerprint density at radius 1 is 1.30 bits per heavy atom. The average molecular weight is 295 g/mol. The summed E-state index contributed by atoms with van der Waals surface area (Å²) in [5.74, 6) is 0.201. The van der Waals surface area contributed by atoms with Gasteiger partial charge in [0.25, 0.3) is 10.0 Å². The lowest BCUT2D eigenvalue weighted by atomic mass is 9.84. The summed E-state index contributed by atoms with van der Waals surface area (Å²) in [6.45, 7) is 0.661. The summed E-state index contributed by atoms with van der Waals surface area (Å²) in [6, 6.07) is 4.74. The largest absolute Gasteiger partial charge is 0.350 e.